The molecule has 0 heteroatoms. The Bertz CT molecular complexity index is 56.4. The second-order valence-corrected chi connectivity index (χ2v) is 1.84. The Kier molecular flexibility index (Phi) is 3.77. The summed E-state index contributed by atoms with van der Waals surface area (Å²) in [4.78, 5) is 0. The highest BCUT2D eigenvalue weighted by molar-refractivity contribution is 5.00. The average molecular weight is 97.2 g/mol. The minimum absolute atomic E-state index is 1.18. The third-order valence-electron chi connectivity index (χ3n) is 0.781. The molecule has 0 amide bonds. The fraction of sp³-hybridized carbons (Fsp3) is 0.571. The van der Waals surface area contributed by atoms with Crippen molar-refractivity contribution in [2.75, 3.05) is 0 Å². The van der Waals surface area contributed by atoms with E-state index in [0.717, 1.165) is 0 Å². The van der Waals surface area contributed by atoms with Crippen LogP contribution in [-0.2, 0) is 0 Å². The molecule has 0 aromatic carbocycles. The number of hydrogen-bond acceptors (Lipinski definition) is 0. The fourth-order valence-corrected chi connectivity index (χ4v) is 0.391. The molecule has 0 fully saturated rings. The van der Waals surface area contributed by atoms with Crippen LogP contribution in [-0.4, -0.2) is 0 Å². The number of unbranched alkanes of at least 4 members (excludes halogenated alkanes) is 1. The first kappa shape index (κ1) is 6.74. The summed E-state index contributed by atoms with van der Waals surface area (Å²) in [6.07, 6.45) is 4.56. The van der Waals surface area contributed by atoms with Crippen molar-refractivity contribution in [2.45, 2.75) is 26.7 Å². The Morgan fingerprint density at radius 2 is 2.29 bits per heavy atom. The van der Waals surface area contributed by atoms with Crippen LogP contribution in [0.25, 0.3) is 0 Å². The summed E-state index contributed by atoms with van der Waals surface area (Å²) >= 11 is 0. The van der Waals surface area contributed by atoms with Gasteiger partial charge in [-0.3, -0.25) is 0 Å². The fourth-order valence-electron chi connectivity index (χ4n) is 0.391. The van der Waals surface area contributed by atoms with Gasteiger partial charge in [0.15, 0.2) is 0 Å². The second-order valence-electron chi connectivity index (χ2n) is 1.84. The van der Waals surface area contributed by atoms with Gasteiger partial charge >= 0.3 is 0 Å². The van der Waals surface area contributed by atoms with Crippen molar-refractivity contribution < 1.29 is 0 Å². The van der Waals surface area contributed by atoms with Crippen LogP contribution in [0, 0.1) is 6.92 Å². The molecule has 0 spiro atoms. The van der Waals surface area contributed by atoms with E-state index in [9.17, 15) is 0 Å². The molecule has 0 aliphatic rings. The maximum Gasteiger partial charge on any atom is -0.0286 e. The normalized spacial score (nSPS) is 12.1. The van der Waals surface area contributed by atoms with Crippen LogP contribution < -0.4 is 0 Å². The molecule has 0 aromatic rings. The van der Waals surface area contributed by atoms with E-state index in [0.29, 0.717) is 0 Å². The van der Waals surface area contributed by atoms with Gasteiger partial charge in [-0.25, -0.2) is 0 Å². The van der Waals surface area contributed by atoms with Crippen molar-refractivity contribution in [1.82, 2.24) is 0 Å². The maximum atomic E-state index is 3.74. The van der Waals surface area contributed by atoms with Crippen molar-refractivity contribution in [3.05, 3.63) is 18.6 Å². The average Bonchev–Trinajstić information content (AvgIpc) is 1.61. The van der Waals surface area contributed by atoms with Gasteiger partial charge in [-0.15, -0.1) is 0 Å². The van der Waals surface area contributed by atoms with Crippen LogP contribution in [0.15, 0.2) is 11.6 Å². The molecular formula is C7H13. The van der Waals surface area contributed by atoms with Gasteiger partial charge in [0.05, 0.1) is 0 Å². The summed E-state index contributed by atoms with van der Waals surface area (Å²) in [5.41, 5.74) is 1.18. The molecule has 0 aliphatic heterocycles. The standard InChI is InChI=1S/C7H13/c1-4-5-6-7(2)3/h6H,2,4-5H2,1,3H3/b7-6+. The molecule has 0 nitrogen and oxygen atoms in total. The van der Waals surface area contributed by atoms with Crippen LogP contribution in [0.4, 0.5) is 0 Å². The molecule has 1 radical (unpaired) electrons. The summed E-state index contributed by atoms with van der Waals surface area (Å²) in [6, 6.07) is 0. The van der Waals surface area contributed by atoms with Gasteiger partial charge < -0.3 is 0 Å². The molecule has 7 heavy (non-hydrogen) atoms. The van der Waals surface area contributed by atoms with Gasteiger partial charge in [-0.1, -0.05) is 25.0 Å². The molecule has 0 N–H and O–H groups in total. The van der Waals surface area contributed by atoms with Crippen LogP contribution >= 0.6 is 0 Å². The first-order chi connectivity index (χ1) is 3.27. The Labute approximate surface area is 46.2 Å². The van der Waals surface area contributed by atoms with E-state index in [2.05, 4.69) is 19.9 Å². The number of hydrogen-bond donors (Lipinski definition) is 0. The van der Waals surface area contributed by atoms with E-state index in [1.807, 2.05) is 6.92 Å². The largest absolute Gasteiger partial charge is 0.0856 e. The molecule has 0 saturated heterocycles. The molecule has 0 atom stereocenters. The summed E-state index contributed by atoms with van der Waals surface area (Å²) in [5.74, 6) is 0. The summed E-state index contributed by atoms with van der Waals surface area (Å²) in [6.45, 7) is 7.93. The molecule has 0 heterocycles. The molecule has 0 saturated carbocycles. The van der Waals surface area contributed by atoms with Crippen LogP contribution in [0.3, 0.4) is 0 Å². The van der Waals surface area contributed by atoms with E-state index in [1.54, 1.807) is 0 Å². The minimum atomic E-state index is 1.18. The van der Waals surface area contributed by atoms with Gasteiger partial charge in [0, 0.05) is 0 Å². The summed E-state index contributed by atoms with van der Waals surface area (Å²) in [7, 11) is 0. The van der Waals surface area contributed by atoms with Crippen LogP contribution in [0.5, 0.6) is 0 Å². The SMILES string of the molecule is [CH2]/C(C)=C\CCC. The van der Waals surface area contributed by atoms with Gasteiger partial charge in [-0.2, -0.15) is 0 Å². The smallest absolute Gasteiger partial charge is 0.0286 e. The third kappa shape index (κ3) is 5.74. The predicted molar refractivity (Wildman–Crippen MR) is 34.0 cm³/mol. The zero-order valence-corrected chi connectivity index (χ0v) is 5.20. The van der Waals surface area contributed by atoms with Crippen LogP contribution in [0.1, 0.15) is 26.7 Å². The van der Waals surface area contributed by atoms with E-state index in [-0.39, 0.29) is 0 Å². The lowest BCUT2D eigenvalue weighted by molar-refractivity contribution is 0.952. The lowest BCUT2D eigenvalue weighted by Gasteiger charge is -1.84. The Balaban J connectivity index is 3.08. The number of allylic oxidation sites excluding steroid dienone is 2. The second kappa shape index (κ2) is 3.91. The zero-order chi connectivity index (χ0) is 5.70. The van der Waals surface area contributed by atoms with Gasteiger partial charge in [0.1, 0.15) is 0 Å². The first-order valence-corrected chi connectivity index (χ1v) is 2.76. The Morgan fingerprint density at radius 1 is 1.71 bits per heavy atom. The highest BCUT2D eigenvalue weighted by atomic mass is 13.8. The van der Waals surface area contributed by atoms with Gasteiger partial charge in [0.2, 0.25) is 0 Å². The van der Waals surface area contributed by atoms with Crippen molar-refractivity contribution in [1.29, 1.82) is 0 Å². The van der Waals surface area contributed by atoms with Crippen molar-refractivity contribution in [3.63, 3.8) is 0 Å². The van der Waals surface area contributed by atoms with Crippen LogP contribution in [0.2, 0.25) is 0 Å². The van der Waals surface area contributed by atoms with E-state index < -0.39 is 0 Å². The topological polar surface area (TPSA) is 0 Å². The third-order valence-corrected chi connectivity index (χ3v) is 0.781. The molecular weight excluding hydrogens is 84.1 g/mol. The highest BCUT2D eigenvalue weighted by Gasteiger charge is 1.73. The summed E-state index contributed by atoms with van der Waals surface area (Å²) < 4.78 is 0. The molecule has 0 rings (SSSR count). The molecule has 41 valence electrons. The zero-order valence-electron chi connectivity index (χ0n) is 5.20. The monoisotopic (exact) mass is 97.1 g/mol. The van der Waals surface area contributed by atoms with Gasteiger partial charge in [-0.05, 0) is 20.3 Å². The minimum Gasteiger partial charge on any atom is -0.0856 e. The molecule has 0 unspecified atom stereocenters. The molecule has 0 aromatic heterocycles. The molecule has 0 bridgehead atoms. The Morgan fingerprint density at radius 3 is 2.43 bits per heavy atom. The van der Waals surface area contributed by atoms with E-state index >= 15 is 0 Å². The predicted octanol–water partition coefficient (Wildman–Crippen LogP) is 2.57. The molecule has 0 aliphatic carbocycles. The van der Waals surface area contributed by atoms with Crippen molar-refractivity contribution in [3.8, 4) is 0 Å². The first-order valence-electron chi connectivity index (χ1n) is 2.76. The van der Waals surface area contributed by atoms with Gasteiger partial charge in [0.25, 0.3) is 0 Å². The van der Waals surface area contributed by atoms with Crippen molar-refractivity contribution >= 4 is 0 Å². The lowest BCUT2D eigenvalue weighted by atomic mass is 10.2. The van der Waals surface area contributed by atoms with E-state index in [1.165, 1.54) is 18.4 Å². The summed E-state index contributed by atoms with van der Waals surface area (Å²) in [5, 5.41) is 0. The van der Waals surface area contributed by atoms with E-state index in [4.69, 9.17) is 0 Å². The maximum absolute atomic E-state index is 3.74. The Hall–Kier alpha value is -0.260. The highest BCUT2D eigenvalue weighted by Crippen LogP contribution is 1.93. The van der Waals surface area contributed by atoms with Crippen molar-refractivity contribution in [2.24, 2.45) is 0 Å². The quantitative estimate of drug-likeness (QED) is 0.496. The number of rotatable bonds is 2. The lowest BCUT2D eigenvalue weighted by Crippen LogP contribution is -1.64.